The first-order valence-electron chi connectivity index (χ1n) is 7.52. The van der Waals surface area contributed by atoms with Gasteiger partial charge in [-0.05, 0) is 43.3 Å². The van der Waals surface area contributed by atoms with Gasteiger partial charge in [0.05, 0.1) is 5.69 Å². The third-order valence-electron chi connectivity index (χ3n) is 3.65. The number of benzene rings is 2. The zero-order chi connectivity index (χ0) is 16.2. The zero-order valence-electron chi connectivity index (χ0n) is 13.7. The van der Waals surface area contributed by atoms with Crippen LogP contribution in [0.25, 0.3) is 0 Å². The largest absolute Gasteiger partial charge is 0.353 e. The van der Waals surface area contributed by atoms with Crippen molar-refractivity contribution in [1.29, 1.82) is 0 Å². The molecule has 1 heterocycles. The number of carbonyl (C=O) groups excluding carboxylic acids is 1. The molecule has 4 nitrogen and oxygen atoms in total. The Hall–Kier alpha value is -1.98. The molecule has 1 aliphatic rings. The SMILES string of the molecule is Cc1ccc(C(=O)Nc2ccc(N=C3SCCN3C)cc2)cc1.Cl. The van der Waals surface area contributed by atoms with Gasteiger partial charge in [0.15, 0.2) is 5.17 Å². The van der Waals surface area contributed by atoms with Gasteiger partial charge in [0, 0.05) is 30.6 Å². The van der Waals surface area contributed by atoms with Crippen LogP contribution in [0.3, 0.4) is 0 Å². The van der Waals surface area contributed by atoms with Gasteiger partial charge >= 0.3 is 0 Å². The van der Waals surface area contributed by atoms with Gasteiger partial charge in [0.25, 0.3) is 5.91 Å². The molecule has 0 spiro atoms. The summed E-state index contributed by atoms with van der Waals surface area (Å²) >= 11 is 1.76. The number of amidine groups is 1. The van der Waals surface area contributed by atoms with Crippen LogP contribution in [0.4, 0.5) is 11.4 Å². The second-order valence-corrected chi connectivity index (χ2v) is 6.59. The van der Waals surface area contributed by atoms with Crippen molar-refractivity contribution in [3.05, 3.63) is 59.7 Å². The molecule has 2 aromatic rings. The lowest BCUT2D eigenvalue weighted by Gasteiger charge is -2.10. The van der Waals surface area contributed by atoms with E-state index in [1.807, 2.05) is 55.5 Å². The van der Waals surface area contributed by atoms with E-state index in [9.17, 15) is 4.79 Å². The van der Waals surface area contributed by atoms with Crippen LogP contribution in [0.2, 0.25) is 0 Å². The molecule has 126 valence electrons. The van der Waals surface area contributed by atoms with Crippen LogP contribution in [-0.2, 0) is 0 Å². The third kappa shape index (κ3) is 4.52. The Bertz CT molecular complexity index is 729. The van der Waals surface area contributed by atoms with Crippen LogP contribution in [-0.4, -0.2) is 35.3 Å². The molecule has 1 saturated heterocycles. The average molecular weight is 362 g/mol. The fraction of sp³-hybridized carbons (Fsp3) is 0.222. The van der Waals surface area contributed by atoms with Gasteiger partial charge in [-0.15, -0.1) is 12.4 Å². The van der Waals surface area contributed by atoms with Crippen molar-refractivity contribution in [3.63, 3.8) is 0 Å². The summed E-state index contributed by atoms with van der Waals surface area (Å²) < 4.78 is 0. The molecular formula is C18H20ClN3OS. The normalized spacial score (nSPS) is 15.2. The van der Waals surface area contributed by atoms with Crippen LogP contribution >= 0.6 is 24.2 Å². The average Bonchev–Trinajstić information content (AvgIpc) is 2.95. The topological polar surface area (TPSA) is 44.7 Å². The van der Waals surface area contributed by atoms with E-state index in [-0.39, 0.29) is 18.3 Å². The van der Waals surface area contributed by atoms with Crippen molar-refractivity contribution in [2.45, 2.75) is 6.92 Å². The fourth-order valence-electron chi connectivity index (χ4n) is 2.24. The summed E-state index contributed by atoms with van der Waals surface area (Å²) in [7, 11) is 2.05. The van der Waals surface area contributed by atoms with Crippen molar-refractivity contribution in [3.8, 4) is 0 Å². The summed E-state index contributed by atoms with van der Waals surface area (Å²) in [5.41, 5.74) is 3.46. The second-order valence-electron chi connectivity index (χ2n) is 5.53. The number of hydrogen-bond acceptors (Lipinski definition) is 3. The van der Waals surface area contributed by atoms with Gasteiger partial charge in [-0.2, -0.15) is 0 Å². The number of rotatable bonds is 3. The minimum absolute atomic E-state index is 0. The van der Waals surface area contributed by atoms with E-state index in [1.54, 1.807) is 11.8 Å². The van der Waals surface area contributed by atoms with Crippen LogP contribution in [0.5, 0.6) is 0 Å². The molecule has 0 bridgehead atoms. The third-order valence-corrected chi connectivity index (χ3v) is 4.70. The Morgan fingerprint density at radius 2 is 1.79 bits per heavy atom. The summed E-state index contributed by atoms with van der Waals surface area (Å²) in [5, 5.41) is 3.95. The summed E-state index contributed by atoms with van der Waals surface area (Å²) in [5.74, 6) is 0.982. The number of aryl methyl sites for hydroxylation is 1. The van der Waals surface area contributed by atoms with Crippen LogP contribution in [0.1, 0.15) is 15.9 Å². The molecule has 1 fully saturated rings. The van der Waals surface area contributed by atoms with E-state index in [2.05, 4.69) is 22.3 Å². The number of amides is 1. The first-order chi connectivity index (χ1) is 11.1. The van der Waals surface area contributed by atoms with Crippen molar-refractivity contribution < 1.29 is 4.79 Å². The number of anilines is 1. The number of aliphatic imine (C=N–C) groups is 1. The molecule has 1 aliphatic heterocycles. The highest BCUT2D eigenvalue weighted by atomic mass is 35.5. The molecule has 3 rings (SSSR count). The highest BCUT2D eigenvalue weighted by Gasteiger charge is 2.14. The maximum Gasteiger partial charge on any atom is 0.255 e. The summed E-state index contributed by atoms with van der Waals surface area (Å²) in [6.45, 7) is 3.04. The van der Waals surface area contributed by atoms with E-state index in [4.69, 9.17) is 0 Å². The first-order valence-corrected chi connectivity index (χ1v) is 8.51. The fourth-order valence-corrected chi connectivity index (χ4v) is 3.26. The maximum atomic E-state index is 12.2. The first kappa shape index (κ1) is 18.4. The standard InChI is InChI=1S/C18H19N3OS.ClH/c1-13-3-5-14(6-4-13)17(22)19-15-7-9-16(10-8-15)20-18-21(2)11-12-23-18;/h3-10H,11-12H2,1-2H3,(H,19,22);1H. The Balaban J connectivity index is 0.00000208. The van der Waals surface area contributed by atoms with Crippen LogP contribution < -0.4 is 5.32 Å². The van der Waals surface area contributed by atoms with Gasteiger partial charge < -0.3 is 10.2 Å². The molecule has 24 heavy (non-hydrogen) atoms. The van der Waals surface area contributed by atoms with Crippen molar-refractivity contribution in [1.82, 2.24) is 4.90 Å². The number of halogens is 1. The van der Waals surface area contributed by atoms with Crippen LogP contribution in [0.15, 0.2) is 53.5 Å². The van der Waals surface area contributed by atoms with Gasteiger partial charge in [-0.1, -0.05) is 29.5 Å². The molecule has 0 unspecified atom stereocenters. The molecule has 0 atom stereocenters. The lowest BCUT2D eigenvalue weighted by atomic mass is 10.1. The Morgan fingerprint density at radius 3 is 2.38 bits per heavy atom. The predicted octanol–water partition coefficient (Wildman–Crippen LogP) is 4.34. The van der Waals surface area contributed by atoms with Gasteiger partial charge in [0.1, 0.15) is 0 Å². The Morgan fingerprint density at radius 1 is 1.12 bits per heavy atom. The van der Waals surface area contributed by atoms with Gasteiger partial charge in [-0.3, -0.25) is 4.79 Å². The van der Waals surface area contributed by atoms with E-state index < -0.39 is 0 Å². The monoisotopic (exact) mass is 361 g/mol. The molecule has 0 aromatic heterocycles. The molecule has 0 radical (unpaired) electrons. The van der Waals surface area contributed by atoms with Crippen LogP contribution in [0, 0.1) is 6.92 Å². The number of nitrogens with one attached hydrogen (secondary N) is 1. The summed E-state index contributed by atoms with van der Waals surface area (Å²) in [4.78, 5) is 19.0. The molecule has 0 aliphatic carbocycles. The minimum Gasteiger partial charge on any atom is -0.353 e. The molecule has 6 heteroatoms. The van der Waals surface area contributed by atoms with E-state index >= 15 is 0 Å². The molecule has 2 aromatic carbocycles. The Kier molecular flexibility index (Phi) is 6.29. The Labute approximate surface area is 152 Å². The molecule has 0 saturated carbocycles. The lowest BCUT2D eigenvalue weighted by Crippen LogP contribution is -2.17. The van der Waals surface area contributed by atoms with Gasteiger partial charge in [0.2, 0.25) is 0 Å². The molecule has 1 amide bonds. The summed E-state index contributed by atoms with van der Waals surface area (Å²) in [6.07, 6.45) is 0. The predicted molar refractivity (Wildman–Crippen MR) is 105 cm³/mol. The van der Waals surface area contributed by atoms with E-state index in [1.165, 1.54) is 0 Å². The quantitative estimate of drug-likeness (QED) is 0.884. The van der Waals surface area contributed by atoms with Gasteiger partial charge in [-0.25, -0.2) is 4.99 Å². The van der Waals surface area contributed by atoms with E-state index in [0.29, 0.717) is 5.56 Å². The number of nitrogens with zero attached hydrogens (tertiary/aromatic N) is 2. The highest BCUT2D eigenvalue weighted by molar-refractivity contribution is 8.14. The number of thioether (sulfide) groups is 1. The zero-order valence-corrected chi connectivity index (χ0v) is 15.3. The maximum absolute atomic E-state index is 12.2. The van der Waals surface area contributed by atoms with E-state index in [0.717, 1.165) is 34.4 Å². The lowest BCUT2D eigenvalue weighted by molar-refractivity contribution is 0.102. The van der Waals surface area contributed by atoms with Crippen molar-refractivity contribution in [2.24, 2.45) is 4.99 Å². The van der Waals surface area contributed by atoms with Crippen molar-refractivity contribution >= 4 is 46.6 Å². The minimum atomic E-state index is -0.102. The smallest absolute Gasteiger partial charge is 0.255 e. The molecule has 1 N–H and O–H groups in total. The number of carbonyl (C=O) groups is 1. The number of hydrogen-bond donors (Lipinski definition) is 1. The highest BCUT2D eigenvalue weighted by Crippen LogP contribution is 2.23. The summed E-state index contributed by atoms with van der Waals surface area (Å²) in [6, 6.07) is 15.1. The second kappa shape index (κ2) is 8.22. The van der Waals surface area contributed by atoms with Crippen molar-refractivity contribution in [2.75, 3.05) is 24.7 Å². The molecular weight excluding hydrogens is 342 g/mol.